The fourth-order valence-electron chi connectivity index (χ4n) is 3.71. The summed E-state index contributed by atoms with van der Waals surface area (Å²) in [6, 6.07) is 12.1. The van der Waals surface area contributed by atoms with Gasteiger partial charge in [0.25, 0.3) is 5.91 Å². The number of halogens is 1. The van der Waals surface area contributed by atoms with Gasteiger partial charge in [0.1, 0.15) is 5.82 Å². The van der Waals surface area contributed by atoms with E-state index in [1.807, 2.05) is 24.3 Å². The molecule has 0 aliphatic heterocycles. The van der Waals surface area contributed by atoms with E-state index in [4.69, 9.17) is 5.73 Å². The summed E-state index contributed by atoms with van der Waals surface area (Å²) in [5, 5.41) is 16.3. The number of nitrogens with two attached hydrogens (primary N) is 1. The van der Waals surface area contributed by atoms with Gasteiger partial charge in [-0.3, -0.25) is 4.79 Å². The molecule has 8 heteroatoms. The number of benzene rings is 2. The normalized spacial score (nSPS) is 17.6. The summed E-state index contributed by atoms with van der Waals surface area (Å²) in [5.41, 5.74) is 9.30. The fourth-order valence-corrected chi connectivity index (χ4v) is 3.71. The molecule has 0 fully saturated rings. The zero-order valence-corrected chi connectivity index (χ0v) is 16.4. The van der Waals surface area contributed by atoms with Crippen molar-refractivity contribution >= 4 is 11.7 Å². The van der Waals surface area contributed by atoms with Crippen LogP contribution in [0.1, 0.15) is 33.3 Å². The molecule has 30 heavy (non-hydrogen) atoms. The molecule has 0 radical (unpaired) electrons. The Bertz CT molecular complexity index is 1100. The van der Waals surface area contributed by atoms with E-state index in [1.165, 1.54) is 19.3 Å². The van der Waals surface area contributed by atoms with Crippen LogP contribution in [0.25, 0.3) is 11.3 Å². The molecule has 5 N–H and O–H groups in total. The zero-order chi connectivity index (χ0) is 21.3. The van der Waals surface area contributed by atoms with E-state index in [2.05, 4.69) is 20.6 Å². The lowest BCUT2D eigenvalue weighted by Crippen LogP contribution is -2.32. The molecule has 4 rings (SSSR count). The summed E-state index contributed by atoms with van der Waals surface area (Å²) in [6.07, 6.45) is 1.20. The smallest absolute Gasteiger partial charge is 0.273 e. The van der Waals surface area contributed by atoms with Gasteiger partial charge >= 0.3 is 0 Å². The van der Waals surface area contributed by atoms with Crippen LogP contribution in [0.2, 0.25) is 0 Å². The van der Waals surface area contributed by atoms with Gasteiger partial charge in [-0.15, -0.1) is 0 Å². The van der Waals surface area contributed by atoms with Crippen molar-refractivity contribution in [1.82, 2.24) is 20.6 Å². The maximum Gasteiger partial charge on any atom is 0.273 e. The Balaban J connectivity index is 1.50. The first-order chi connectivity index (χ1) is 14.5. The summed E-state index contributed by atoms with van der Waals surface area (Å²) >= 11 is 0. The van der Waals surface area contributed by atoms with Crippen molar-refractivity contribution in [2.75, 3.05) is 12.8 Å². The number of rotatable bonds is 5. The van der Waals surface area contributed by atoms with Crippen LogP contribution in [-0.2, 0) is 13.0 Å². The molecule has 2 unspecified atom stereocenters. The quantitative estimate of drug-likeness (QED) is 0.514. The van der Waals surface area contributed by atoms with Gasteiger partial charge in [-0.25, -0.2) is 14.4 Å². The van der Waals surface area contributed by atoms with Crippen molar-refractivity contribution < 1.29 is 14.3 Å². The van der Waals surface area contributed by atoms with Crippen molar-refractivity contribution in [2.45, 2.75) is 25.1 Å². The van der Waals surface area contributed by atoms with Gasteiger partial charge in [-0.05, 0) is 35.2 Å². The number of aliphatic hydroxyl groups is 1. The average Bonchev–Trinajstić information content (AvgIpc) is 3.09. The number of hydrogen-bond donors (Lipinski definition) is 4. The maximum atomic E-state index is 14.0. The highest BCUT2D eigenvalue weighted by molar-refractivity contribution is 5.96. The van der Waals surface area contributed by atoms with Gasteiger partial charge in [0, 0.05) is 25.2 Å². The third-order valence-corrected chi connectivity index (χ3v) is 5.31. The Hall–Kier alpha value is -3.36. The zero-order valence-electron chi connectivity index (χ0n) is 16.4. The number of nitrogens with zero attached hydrogens (tertiary/aromatic N) is 2. The van der Waals surface area contributed by atoms with Crippen molar-refractivity contribution in [1.29, 1.82) is 0 Å². The van der Waals surface area contributed by atoms with Gasteiger partial charge < -0.3 is 21.5 Å². The topological polar surface area (TPSA) is 113 Å². The Morgan fingerprint density at radius 2 is 2.10 bits per heavy atom. The number of hydrogen-bond acceptors (Lipinski definition) is 6. The Morgan fingerprint density at radius 3 is 2.87 bits per heavy atom. The van der Waals surface area contributed by atoms with Gasteiger partial charge in [0.15, 0.2) is 11.5 Å². The van der Waals surface area contributed by atoms with E-state index in [-0.39, 0.29) is 23.4 Å². The van der Waals surface area contributed by atoms with Crippen LogP contribution in [0, 0.1) is 5.82 Å². The third kappa shape index (κ3) is 3.74. The van der Waals surface area contributed by atoms with Gasteiger partial charge in [-0.2, -0.15) is 0 Å². The molecule has 0 saturated carbocycles. The number of amides is 1. The molecule has 154 valence electrons. The number of fused-ring (bicyclic) bond motifs is 1. The molecular weight excluding hydrogens is 385 g/mol. The van der Waals surface area contributed by atoms with E-state index in [0.29, 0.717) is 29.8 Å². The summed E-state index contributed by atoms with van der Waals surface area (Å²) in [4.78, 5) is 20.3. The van der Waals surface area contributed by atoms with Crippen molar-refractivity contribution in [2.24, 2.45) is 0 Å². The second-order valence-corrected chi connectivity index (χ2v) is 7.21. The van der Waals surface area contributed by atoms with Crippen LogP contribution in [-0.4, -0.2) is 34.1 Å². The largest absolute Gasteiger partial charge is 0.387 e. The molecule has 1 amide bonds. The standard InChI is InChI=1S/C22H22FN5O2/c1-25-22(30)19-21(24)27-11-18(28-19)13-5-2-4-12(8-13)10-26-17-9-15-14(20(17)29)6-3-7-16(15)23/h2-8,11,17,20,26,29H,9-10H2,1H3,(H2,24,27)(H,25,30). The summed E-state index contributed by atoms with van der Waals surface area (Å²) < 4.78 is 14.0. The highest BCUT2D eigenvalue weighted by Gasteiger charge is 2.32. The summed E-state index contributed by atoms with van der Waals surface area (Å²) in [7, 11) is 1.50. The highest BCUT2D eigenvalue weighted by atomic mass is 19.1. The van der Waals surface area contributed by atoms with Crippen molar-refractivity contribution in [3.8, 4) is 11.3 Å². The van der Waals surface area contributed by atoms with Gasteiger partial charge in [0.05, 0.1) is 18.0 Å². The Morgan fingerprint density at radius 1 is 1.30 bits per heavy atom. The second-order valence-electron chi connectivity index (χ2n) is 7.21. The number of carbonyl (C=O) groups excluding carboxylic acids is 1. The van der Waals surface area contributed by atoms with Crippen LogP contribution in [0.4, 0.5) is 10.2 Å². The molecule has 0 spiro atoms. The minimum atomic E-state index is -0.753. The molecule has 2 atom stereocenters. The lowest BCUT2D eigenvalue weighted by Gasteiger charge is -2.17. The Kier molecular flexibility index (Phi) is 5.43. The van der Waals surface area contributed by atoms with Crippen LogP contribution < -0.4 is 16.4 Å². The van der Waals surface area contributed by atoms with Crippen LogP contribution in [0.5, 0.6) is 0 Å². The number of aromatic nitrogens is 2. The van der Waals surface area contributed by atoms with E-state index in [9.17, 15) is 14.3 Å². The SMILES string of the molecule is CNC(=O)c1nc(-c2cccc(CNC3Cc4c(F)cccc4C3O)c2)cnc1N. The first kappa shape index (κ1) is 19.9. The number of nitrogens with one attached hydrogen (secondary N) is 2. The molecule has 1 aromatic heterocycles. The first-order valence-electron chi connectivity index (χ1n) is 9.60. The van der Waals surface area contributed by atoms with Gasteiger partial charge in [-0.1, -0.05) is 30.3 Å². The van der Waals surface area contributed by atoms with E-state index < -0.39 is 12.0 Å². The lowest BCUT2D eigenvalue weighted by atomic mass is 10.1. The molecule has 0 bridgehead atoms. The average molecular weight is 407 g/mol. The minimum Gasteiger partial charge on any atom is -0.387 e. The number of carbonyl (C=O) groups is 1. The molecule has 0 saturated heterocycles. The van der Waals surface area contributed by atoms with E-state index >= 15 is 0 Å². The first-order valence-corrected chi connectivity index (χ1v) is 9.60. The Labute approximate surface area is 173 Å². The monoisotopic (exact) mass is 407 g/mol. The molecule has 2 aromatic carbocycles. The minimum absolute atomic E-state index is 0.0675. The van der Waals surface area contributed by atoms with E-state index in [1.54, 1.807) is 12.1 Å². The van der Waals surface area contributed by atoms with Crippen LogP contribution in [0.3, 0.4) is 0 Å². The fraction of sp³-hybridized carbons (Fsp3) is 0.227. The maximum absolute atomic E-state index is 14.0. The summed E-state index contributed by atoms with van der Waals surface area (Å²) in [5.74, 6) is -0.619. The molecule has 3 aromatic rings. The molecule has 7 nitrogen and oxygen atoms in total. The van der Waals surface area contributed by atoms with Gasteiger partial charge in [0.2, 0.25) is 0 Å². The lowest BCUT2D eigenvalue weighted by molar-refractivity contribution is 0.0959. The molecule has 1 aliphatic carbocycles. The number of anilines is 1. The highest BCUT2D eigenvalue weighted by Crippen LogP contribution is 2.33. The van der Waals surface area contributed by atoms with Crippen molar-refractivity contribution in [3.63, 3.8) is 0 Å². The van der Waals surface area contributed by atoms with E-state index in [0.717, 1.165) is 11.1 Å². The molecule has 1 aliphatic rings. The van der Waals surface area contributed by atoms with Crippen molar-refractivity contribution in [3.05, 3.63) is 76.9 Å². The third-order valence-electron chi connectivity index (χ3n) is 5.31. The second kappa shape index (κ2) is 8.17. The van der Waals surface area contributed by atoms with Crippen LogP contribution in [0.15, 0.2) is 48.7 Å². The predicted octanol–water partition coefficient (Wildman–Crippen LogP) is 1.97. The number of aliphatic hydroxyl groups excluding tert-OH is 1. The molecular formula is C22H22FN5O2. The predicted molar refractivity (Wildman–Crippen MR) is 111 cm³/mol. The van der Waals surface area contributed by atoms with Crippen LogP contribution >= 0.6 is 0 Å². The number of nitrogen functional groups attached to an aromatic ring is 1. The molecule has 1 heterocycles. The summed E-state index contributed by atoms with van der Waals surface area (Å²) in [6.45, 7) is 0.482.